The van der Waals surface area contributed by atoms with Crippen molar-refractivity contribution in [3.63, 3.8) is 0 Å². The number of rotatable bonds is 7. The second-order valence-corrected chi connectivity index (χ2v) is 9.49. The van der Waals surface area contributed by atoms with E-state index in [0.717, 1.165) is 4.47 Å². The predicted molar refractivity (Wildman–Crippen MR) is 130 cm³/mol. The van der Waals surface area contributed by atoms with Crippen molar-refractivity contribution < 1.29 is 17.9 Å². The number of carbonyl (C=O) groups is 1. The van der Waals surface area contributed by atoms with E-state index in [2.05, 4.69) is 35.9 Å². The third kappa shape index (κ3) is 5.29. The number of nitrogens with one attached hydrogen (secondary N) is 2. The molecule has 0 radical (unpaired) electrons. The topological polar surface area (TPSA) is 110 Å². The minimum atomic E-state index is -3.91. The van der Waals surface area contributed by atoms with Gasteiger partial charge in [-0.15, -0.1) is 0 Å². The van der Waals surface area contributed by atoms with E-state index >= 15 is 0 Å². The summed E-state index contributed by atoms with van der Waals surface area (Å²) in [5.41, 5.74) is 2.13. The lowest BCUT2D eigenvalue weighted by molar-refractivity contribution is 0.0526. The number of anilines is 3. The smallest absolute Gasteiger partial charge is 0.338 e. The van der Waals surface area contributed by atoms with E-state index in [1.54, 1.807) is 61.5 Å². The molecule has 0 amide bonds. The first-order valence-electron chi connectivity index (χ1n) is 9.95. The monoisotopic (exact) mass is 526 g/mol. The Hall–Kier alpha value is -3.50. The fraction of sp³-hybridized carbons (Fsp3) is 0.0870. The molecule has 2 N–H and O–H groups in total. The maximum Gasteiger partial charge on any atom is 0.338 e. The molecule has 0 aliphatic heterocycles. The molecular weight excluding hydrogens is 508 g/mol. The average Bonchev–Trinajstić information content (AvgIpc) is 2.80. The van der Waals surface area contributed by atoms with Crippen LogP contribution in [0.2, 0.25) is 0 Å². The Balaban J connectivity index is 1.69. The SMILES string of the molecule is CCOC(=O)c1ccc(Nc2nc3ccccc3nc2NS(=O)(=O)c2ccc(Br)cc2)cc1. The van der Waals surface area contributed by atoms with Crippen LogP contribution < -0.4 is 10.0 Å². The van der Waals surface area contributed by atoms with Gasteiger partial charge in [-0.05, 0) is 67.6 Å². The van der Waals surface area contributed by atoms with E-state index < -0.39 is 16.0 Å². The Morgan fingerprint density at radius 2 is 1.52 bits per heavy atom. The van der Waals surface area contributed by atoms with Gasteiger partial charge in [0, 0.05) is 10.2 Å². The zero-order valence-corrected chi connectivity index (χ0v) is 19.9. The largest absolute Gasteiger partial charge is 0.462 e. The van der Waals surface area contributed by atoms with Crippen LogP contribution >= 0.6 is 15.9 Å². The van der Waals surface area contributed by atoms with Crippen molar-refractivity contribution in [1.82, 2.24) is 9.97 Å². The lowest BCUT2D eigenvalue weighted by Gasteiger charge is -2.14. The maximum atomic E-state index is 13.0. The number of aromatic nitrogens is 2. The van der Waals surface area contributed by atoms with Crippen LogP contribution in [-0.4, -0.2) is 31.0 Å². The second-order valence-electron chi connectivity index (χ2n) is 6.89. The number of benzene rings is 3. The number of hydrogen-bond donors (Lipinski definition) is 2. The standard InChI is InChI=1S/C23H19BrN4O4S/c1-2-32-23(29)15-7-11-17(12-8-15)25-21-22(27-20-6-4-3-5-19(20)26-21)28-33(30,31)18-13-9-16(24)10-14-18/h3-14H,2H2,1H3,(H,25,26)(H,27,28). The molecule has 0 bridgehead atoms. The number of para-hydroxylation sites is 2. The van der Waals surface area contributed by atoms with Gasteiger partial charge in [-0.25, -0.2) is 23.2 Å². The molecule has 3 aromatic carbocycles. The molecule has 0 unspecified atom stereocenters. The number of hydrogen-bond acceptors (Lipinski definition) is 7. The van der Waals surface area contributed by atoms with Crippen molar-refractivity contribution in [3.05, 3.63) is 82.8 Å². The van der Waals surface area contributed by atoms with Crippen LogP contribution in [0.4, 0.5) is 17.3 Å². The summed E-state index contributed by atoms with van der Waals surface area (Å²) in [6, 6.07) is 20.0. The number of ether oxygens (including phenoxy) is 1. The van der Waals surface area contributed by atoms with Gasteiger partial charge in [-0.3, -0.25) is 4.72 Å². The summed E-state index contributed by atoms with van der Waals surface area (Å²) in [7, 11) is -3.91. The van der Waals surface area contributed by atoms with Crippen LogP contribution in [0.3, 0.4) is 0 Å². The highest BCUT2D eigenvalue weighted by Gasteiger charge is 2.19. The molecule has 8 nitrogen and oxygen atoms in total. The van der Waals surface area contributed by atoms with E-state index in [-0.39, 0.29) is 23.1 Å². The van der Waals surface area contributed by atoms with E-state index in [0.29, 0.717) is 22.3 Å². The number of halogens is 1. The second kappa shape index (κ2) is 9.55. The first kappa shape index (κ1) is 22.7. The predicted octanol–water partition coefficient (Wildman–Crippen LogP) is 5.11. The fourth-order valence-electron chi connectivity index (χ4n) is 3.00. The zero-order chi connectivity index (χ0) is 23.4. The van der Waals surface area contributed by atoms with Crippen LogP contribution in [0, 0.1) is 0 Å². The van der Waals surface area contributed by atoms with Crippen molar-refractivity contribution in [3.8, 4) is 0 Å². The van der Waals surface area contributed by atoms with Crippen molar-refractivity contribution >= 4 is 60.3 Å². The summed E-state index contributed by atoms with van der Waals surface area (Å²) < 4.78 is 34.2. The van der Waals surface area contributed by atoms with Crippen LogP contribution in [0.25, 0.3) is 11.0 Å². The van der Waals surface area contributed by atoms with E-state index in [9.17, 15) is 13.2 Å². The van der Waals surface area contributed by atoms with Gasteiger partial charge in [-0.1, -0.05) is 28.1 Å². The summed E-state index contributed by atoms with van der Waals surface area (Å²) in [5, 5.41) is 3.09. The van der Waals surface area contributed by atoms with Gasteiger partial charge in [0.2, 0.25) is 0 Å². The highest BCUT2D eigenvalue weighted by molar-refractivity contribution is 9.10. The van der Waals surface area contributed by atoms with Crippen LogP contribution in [0.5, 0.6) is 0 Å². The molecule has 1 aromatic heterocycles. The lowest BCUT2D eigenvalue weighted by atomic mass is 10.2. The van der Waals surface area contributed by atoms with Crippen molar-refractivity contribution in [2.75, 3.05) is 16.6 Å². The summed E-state index contributed by atoms with van der Waals surface area (Å²) >= 11 is 3.30. The van der Waals surface area contributed by atoms with Gasteiger partial charge < -0.3 is 10.1 Å². The Morgan fingerprint density at radius 1 is 0.909 bits per heavy atom. The fourth-order valence-corrected chi connectivity index (χ4v) is 4.27. The van der Waals surface area contributed by atoms with Gasteiger partial charge >= 0.3 is 5.97 Å². The minimum Gasteiger partial charge on any atom is -0.462 e. The summed E-state index contributed by atoms with van der Waals surface area (Å²) in [6.07, 6.45) is 0. The summed E-state index contributed by atoms with van der Waals surface area (Å²) in [4.78, 5) is 21.0. The van der Waals surface area contributed by atoms with Crippen LogP contribution in [0.1, 0.15) is 17.3 Å². The van der Waals surface area contributed by atoms with Crippen molar-refractivity contribution in [2.24, 2.45) is 0 Å². The maximum absolute atomic E-state index is 13.0. The number of esters is 1. The molecule has 0 aliphatic rings. The van der Waals surface area contributed by atoms with Gasteiger partial charge in [0.25, 0.3) is 10.0 Å². The number of fused-ring (bicyclic) bond motifs is 1. The Labute approximate surface area is 199 Å². The number of sulfonamides is 1. The third-order valence-electron chi connectivity index (χ3n) is 4.58. The Morgan fingerprint density at radius 3 is 2.12 bits per heavy atom. The number of carbonyl (C=O) groups excluding carboxylic acids is 1. The molecule has 0 aliphatic carbocycles. The van der Waals surface area contributed by atoms with Crippen molar-refractivity contribution in [2.45, 2.75) is 11.8 Å². The van der Waals surface area contributed by atoms with Gasteiger partial charge in [0.15, 0.2) is 11.6 Å². The molecule has 4 aromatic rings. The normalized spacial score (nSPS) is 11.2. The minimum absolute atomic E-state index is 0.0473. The molecule has 0 fully saturated rings. The first-order valence-corrected chi connectivity index (χ1v) is 12.2. The molecule has 0 saturated heterocycles. The number of nitrogens with zero attached hydrogens (tertiary/aromatic N) is 2. The average molecular weight is 527 g/mol. The molecule has 4 rings (SSSR count). The highest BCUT2D eigenvalue weighted by Crippen LogP contribution is 2.27. The van der Waals surface area contributed by atoms with Crippen LogP contribution in [0.15, 0.2) is 82.2 Å². The molecule has 168 valence electrons. The third-order valence-corrected chi connectivity index (χ3v) is 6.47. The molecule has 0 atom stereocenters. The lowest BCUT2D eigenvalue weighted by Crippen LogP contribution is -2.16. The van der Waals surface area contributed by atoms with Crippen LogP contribution in [-0.2, 0) is 14.8 Å². The molecule has 1 heterocycles. The summed E-state index contributed by atoms with van der Waals surface area (Å²) in [5.74, 6) is -0.151. The Kier molecular flexibility index (Phi) is 6.57. The Bertz CT molecular complexity index is 1410. The summed E-state index contributed by atoms with van der Waals surface area (Å²) in [6.45, 7) is 2.02. The molecule has 0 saturated carbocycles. The van der Waals surface area contributed by atoms with Gasteiger partial charge in [-0.2, -0.15) is 0 Å². The van der Waals surface area contributed by atoms with Gasteiger partial charge in [0.05, 0.1) is 28.1 Å². The molecule has 33 heavy (non-hydrogen) atoms. The van der Waals surface area contributed by atoms with Gasteiger partial charge in [0.1, 0.15) is 0 Å². The quantitative estimate of drug-likeness (QED) is 0.321. The first-order chi connectivity index (χ1) is 15.9. The highest BCUT2D eigenvalue weighted by atomic mass is 79.9. The molecule has 10 heteroatoms. The van der Waals surface area contributed by atoms with Crippen molar-refractivity contribution in [1.29, 1.82) is 0 Å². The van der Waals surface area contributed by atoms with E-state index in [1.165, 1.54) is 12.1 Å². The zero-order valence-electron chi connectivity index (χ0n) is 17.4. The molecule has 0 spiro atoms. The van der Waals surface area contributed by atoms with E-state index in [4.69, 9.17) is 4.74 Å². The van der Waals surface area contributed by atoms with E-state index in [1.807, 2.05) is 6.07 Å². The molecular formula is C23H19BrN4O4S.